The van der Waals surface area contributed by atoms with E-state index in [0.29, 0.717) is 32.1 Å². The van der Waals surface area contributed by atoms with E-state index in [1.54, 1.807) is 0 Å². The monoisotopic (exact) mass is 315 g/mol. The van der Waals surface area contributed by atoms with Gasteiger partial charge in [-0.1, -0.05) is 11.3 Å². The van der Waals surface area contributed by atoms with Crippen molar-refractivity contribution >= 4 is 32.8 Å². The van der Waals surface area contributed by atoms with Gasteiger partial charge >= 0.3 is 0 Å². The maximum absolute atomic E-state index is 11.5. The second kappa shape index (κ2) is 5.09. The van der Waals surface area contributed by atoms with Crippen LogP contribution in [-0.4, -0.2) is 56.4 Å². The molecule has 110 valence electrons. The number of hydrogen-bond donors (Lipinski definition) is 0. The molecule has 1 saturated heterocycles. The Morgan fingerprint density at radius 2 is 1.90 bits per heavy atom. The third kappa shape index (κ3) is 2.72. The molecule has 0 aromatic carbocycles. The number of aromatic nitrogens is 1. The summed E-state index contributed by atoms with van der Waals surface area (Å²) in [6.45, 7) is 2.22. The van der Waals surface area contributed by atoms with Gasteiger partial charge in [0.2, 0.25) is 10.0 Å². The van der Waals surface area contributed by atoms with Gasteiger partial charge < -0.3 is 4.90 Å². The van der Waals surface area contributed by atoms with E-state index in [2.05, 4.69) is 9.88 Å². The molecule has 3 rings (SSSR count). The Balaban J connectivity index is 1.73. The molecule has 6 nitrogen and oxygen atoms in total. The lowest BCUT2D eigenvalue weighted by atomic mass is 10.3. The highest BCUT2D eigenvalue weighted by Gasteiger charge is 2.31. The molecule has 1 aliphatic heterocycles. The van der Waals surface area contributed by atoms with E-state index in [0.717, 1.165) is 34.8 Å². The minimum atomic E-state index is -3.11. The van der Waals surface area contributed by atoms with Gasteiger partial charge in [-0.05, 0) is 12.8 Å². The molecule has 1 aromatic heterocycles. The van der Waals surface area contributed by atoms with E-state index >= 15 is 0 Å². The van der Waals surface area contributed by atoms with Crippen molar-refractivity contribution in [2.45, 2.75) is 18.8 Å². The van der Waals surface area contributed by atoms with E-state index < -0.39 is 10.0 Å². The van der Waals surface area contributed by atoms with Gasteiger partial charge in [-0.2, -0.15) is 4.31 Å². The number of carbonyl (C=O) groups excluding carboxylic acids is 1. The first-order valence-corrected chi connectivity index (χ1v) is 9.31. The summed E-state index contributed by atoms with van der Waals surface area (Å²) >= 11 is 1.42. The highest BCUT2D eigenvalue weighted by molar-refractivity contribution is 7.88. The molecule has 20 heavy (non-hydrogen) atoms. The summed E-state index contributed by atoms with van der Waals surface area (Å²) in [5, 5.41) is 0.849. The van der Waals surface area contributed by atoms with Crippen molar-refractivity contribution in [2.75, 3.05) is 37.3 Å². The number of thiazole rings is 1. The third-order valence-corrected chi connectivity index (χ3v) is 6.08. The van der Waals surface area contributed by atoms with Crippen molar-refractivity contribution in [3.05, 3.63) is 10.6 Å². The summed E-state index contributed by atoms with van der Waals surface area (Å²) in [6.07, 6.45) is 4.36. The zero-order valence-corrected chi connectivity index (χ0v) is 12.9. The SMILES string of the molecule is CS(=O)(=O)N1CCN(c2nc(C3CC3)c(C=O)s2)CC1. The maximum atomic E-state index is 11.5. The van der Waals surface area contributed by atoms with E-state index in [4.69, 9.17) is 0 Å². The van der Waals surface area contributed by atoms with Crippen LogP contribution < -0.4 is 4.90 Å². The van der Waals surface area contributed by atoms with Crippen LogP contribution in [0.15, 0.2) is 0 Å². The Kier molecular flexibility index (Phi) is 3.55. The molecular formula is C12H17N3O3S2. The fourth-order valence-electron chi connectivity index (χ4n) is 2.41. The number of hydrogen-bond acceptors (Lipinski definition) is 6. The van der Waals surface area contributed by atoms with Gasteiger partial charge in [-0.15, -0.1) is 0 Å². The lowest BCUT2D eigenvalue weighted by Gasteiger charge is -2.32. The summed E-state index contributed by atoms with van der Waals surface area (Å²) in [5.74, 6) is 0.456. The van der Waals surface area contributed by atoms with Gasteiger partial charge in [0.25, 0.3) is 0 Å². The van der Waals surface area contributed by atoms with Gasteiger partial charge in [0.05, 0.1) is 16.8 Å². The molecule has 2 aliphatic rings. The van der Waals surface area contributed by atoms with Crippen molar-refractivity contribution in [2.24, 2.45) is 0 Å². The second-order valence-corrected chi connectivity index (χ2v) is 8.28. The fraction of sp³-hybridized carbons (Fsp3) is 0.667. The molecule has 1 aliphatic carbocycles. The standard InChI is InChI=1S/C12H17N3O3S2/c1-20(17,18)15-6-4-14(5-7-15)12-13-11(9-2-3-9)10(8-16)19-12/h8-9H,2-7H2,1H3. The summed E-state index contributed by atoms with van der Waals surface area (Å²) in [6, 6.07) is 0. The van der Waals surface area contributed by atoms with Gasteiger partial charge in [-0.3, -0.25) is 4.79 Å². The molecule has 2 fully saturated rings. The summed E-state index contributed by atoms with van der Waals surface area (Å²) in [5.41, 5.74) is 0.936. The number of carbonyl (C=O) groups is 1. The first-order valence-electron chi connectivity index (χ1n) is 6.65. The predicted molar refractivity (Wildman–Crippen MR) is 78.1 cm³/mol. The molecule has 0 atom stereocenters. The third-order valence-electron chi connectivity index (χ3n) is 3.72. The van der Waals surface area contributed by atoms with Crippen LogP contribution in [0.3, 0.4) is 0 Å². The fourth-order valence-corrected chi connectivity index (χ4v) is 4.26. The highest BCUT2D eigenvalue weighted by atomic mass is 32.2. The quantitative estimate of drug-likeness (QED) is 0.773. The first kappa shape index (κ1) is 14.0. The van der Waals surface area contributed by atoms with Crippen LogP contribution in [0.25, 0.3) is 0 Å². The molecule has 1 aromatic rings. The summed E-state index contributed by atoms with van der Waals surface area (Å²) in [4.78, 5) is 18.5. The van der Waals surface area contributed by atoms with E-state index in [9.17, 15) is 13.2 Å². The Hall–Kier alpha value is -0.990. The molecule has 1 saturated carbocycles. The zero-order chi connectivity index (χ0) is 14.3. The normalized spacial score (nSPS) is 21.1. The van der Waals surface area contributed by atoms with Crippen LogP contribution in [-0.2, 0) is 10.0 Å². The van der Waals surface area contributed by atoms with Crippen LogP contribution in [0.1, 0.15) is 34.1 Å². The minimum absolute atomic E-state index is 0.456. The lowest BCUT2D eigenvalue weighted by molar-refractivity contribution is 0.112. The van der Waals surface area contributed by atoms with Crippen LogP contribution in [0.5, 0.6) is 0 Å². The van der Waals surface area contributed by atoms with Crippen LogP contribution >= 0.6 is 11.3 Å². The van der Waals surface area contributed by atoms with Crippen molar-refractivity contribution in [3.8, 4) is 0 Å². The molecule has 0 radical (unpaired) electrons. The van der Waals surface area contributed by atoms with E-state index in [1.165, 1.54) is 21.9 Å². The number of nitrogens with zero attached hydrogens (tertiary/aromatic N) is 3. The lowest BCUT2D eigenvalue weighted by Crippen LogP contribution is -2.48. The Bertz CT molecular complexity index is 614. The predicted octanol–water partition coefficient (Wildman–Crippen LogP) is 0.915. The molecular weight excluding hydrogens is 298 g/mol. The minimum Gasteiger partial charge on any atom is -0.345 e. The molecule has 2 heterocycles. The van der Waals surface area contributed by atoms with Crippen molar-refractivity contribution in [1.82, 2.24) is 9.29 Å². The van der Waals surface area contributed by atoms with Gasteiger partial charge in [-0.25, -0.2) is 13.4 Å². The molecule has 0 N–H and O–H groups in total. The number of piperazine rings is 1. The zero-order valence-electron chi connectivity index (χ0n) is 11.3. The smallest absolute Gasteiger partial charge is 0.211 e. The van der Waals surface area contributed by atoms with Crippen LogP contribution in [0, 0.1) is 0 Å². The molecule has 0 unspecified atom stereocenters. The molecule has 8 heteroatoms. The number of anilines is 1. The largest absolute Gasteiger partial charge is 0.345 e. The number of aldehydes is 1. The van der Waals surface area contributed by atoms with Gasteiger partial charge in [0.15, 0.2) is 11.4 Å². The first-order chi connectivity index (χ1) is 9.49. The molecule has 0 spiro atoms. The van der Waals surface area contributed by atoms with Gasteiger partial charge in [0, 0.05) is 32.1 Å². The molecule has 0 amide bonds. The van der Waals surface area contributed by atoms with Crippen LogP contribution in [0.4, 0.5) is 5.13 Å². The van der Waals surface area contributed by atoms with Crippen molar-refractivity contribution in [3.63, 3.8) is 0 Å². The van der Waals surface area contributed by atoms with Crippen molar-refractivity contribution in [1.29, 1.82) is 0 Å². The summed E-state index contributed by atoms with van der Waals surface area (Å²) < 4.78 is 24.4. The second-order valence-electron chi connectivity index (χ2n) is 5.29. The Labute approximate surface area is 122 Å². The van der Waals surface area contributed by atoms with Crippen LogP contribution in [0.2, 0.25) is 0 Å². The Morgan fingerprint density at radius 1 is 1.25 bits per heavy atom. The maximum Gasteiger partial charge on any atom is 0.211 e. The highest BCUT2D eigenvalue weighted by Crippen LogP contribution is 2.43. The topological polar surface area (TPSA) is 70.6 Å². The number of rotatable bonds is 4. The van der Waals surface area contributed by atoms with Gasteiger partial charge in [0.1, 0.15) is 0 Å². The molecule has 0 bridgehead atoms. The van der Waals surface area contributed by atoms with E-state index in [-0.39, 0.29) is 0 Å². The van der Waals surface area contributed by atoms with Crippen molar-refractivity contribution < 1.29 is 13.2 Å². The average Bonchev–Trinajstić information content (AvgIpc) is 3.17. The Morgan fingerprint density at radius 3 is 2.40 bits per heavy atom. The average molecular weight is 315 g/mol. The van der Waals surface area contributed by atoms with E-state index in [1.807, 2.05) is 0 Å². The summed E-state index contributed by atoms with van der Waals surface area (Å²) in [7, 11) is -3.11. The number of sulfonamides is 1.